The normalized spacial score (nSPS) is 16.1. The van der Waals surface area contributed by atoms with E-state index in [2.05, 4.69) is 10.3 Å². The van der Waals surface area contributed by atoms with Crippen LogP contribution in [0.3, 0.4) is 0 Å². The van der Waals surface area contributed by atoms with Gasteiger partial charge in [0.1, 0.15) is 0 Å². The minimum Gasteiger partial charge on any atom is -0.466 e. The molecule has 7 nitrogen and oxygen atoms in total. The van der Waals surface area contributed by atoms with Crippen LogP contribution in [0, 0.1) is 5.92 Å². The van der Waals surface area contributed by atoms with Gasteiger partial charge in [0.2, 0.25) is 5.91 Å². The van der Waals surface area contributed by atoms with E-state index in [0.29, 0.717) is 31.0 Å². The van der Waals surface area contributed by atoms with Crippen LogP contribution in [0.25, 0.3) is 0 Å². The first kappa shape index (κ1) is 21.4. The second-order valence-corrected chi connectivity index (χ2v) is 10.2. The van der Waals surface area contributed by atoms with Crippen molar-refractivity contribution in [3.63, 3.8) is 0 Å². The lowest BCUT2D eigenvalue weighted by molar-refractivity contribution is -0.148. The number of anilines is 1. The lowest BCUT2D eigenvalue weighted by Crippen LogP contribution is -2.24. The molecule has 1 atom stereocenters. The molecule has 0 saturated carbocycles. The third-order valence-electron chi connectivity index (χ3n) is 4.83. The summed E-state index contributed by atoms with van der Waals surface area (Å²) in [7, 11) is -3.25. The van der Waals surface area contributed by atoms with Crippen LogP contribution in [0.1, 0.15) is 36.4 Å². The summed E-state index contributed by atoms with van der Waals surface area (Å²) in [6, 6.07) is 6.36. The van der Waals surface area contributed by atoms with Crippen molar-refractivity contribution in [2.24, 2.45) is 5.92 Å². The molecule has 1 aliphatic rings. The summed E-state index contributed by atoms with van der Waals surface area (Å²) in [6.45, 7) is 3.76. The van der Waals surface area contributed by atoms with Crippen molar-refractivity contribution in [1.82, 2.24) is 4.98 Å². The summed E-state index contributed by atoms with van der Waals surface area (Å²) in [4.78, 5) is 30.1. The summed E-state index contributed by atoms with van der Waals surface area (Å²) in [6.07, 6.45) is 2.12. The summed E-state index contributed by atoms with van der Waals surface area (Å²) < 4.78 is 28.8. The molecule has 1 aliphatic carbocycles. The third-order valence-corrected chi connectivity index (χ3v) is 7.62. The number of amides is 1. The second kappa shape index (κ2) is 9.04. The molecule has 156 valence electrons. The van der Waals surface area contributed by atoms with Gasteiger partial charge < -0.3 is 10.1 Å². The first-order chi connectivity index (χ1) is 13.8. The van der Waals surface area contributed by atoms with Gasteiger partial charge in [-0.3, -0.25) is 9.59 Å². The fourth-order valence-corrected chi connectivity index (χ4v) is 5.21. The largest absolute Gasteiger partial charge is 0.466 e. The number of benzene rings is 1. The zero-order chi connectivity index (χ0) is 21.0. The molecule has 0 spiro atoms. The van der Waals surface area contributed by atoms with E-state index in [4.69, 9.17) is 4.74 Å². The predicted octanol–water partition coefficient (Wildman–Crippen LogP) is 2.79. The van der Waals surface area contributed by atoms with Crippen LogP contribution in [0.5, 0.6) is 0 Å². The molecule has 1 aromatic heterocycles. The quantitative estimate of drug-likeness (QED) is 0.670. The van der Waals surface area contributed by atoms with E-state index in [9.17, 15) is 18.0 Å². The number of aryl methyl sites for hydroxylation is 1. The Morgan fingerprint density at radius 1 is 1.24 bits per heavy atom. The Morgan fingerprint density at radius 3 is 2.62 bits per heavy atom. The number of thiazole rings is 1. The fraction of sp³-hybridized carbons (Fsp3) is 0.450. The van der Waals surface area contributed by atoms with E-state index in [1.165, 1.54) is 23.5 Å². The van der Waals surface area contributed by atoms with Gasteiger partial charge >= 0.3 is 5.97 Å². The van der Waals surface area contributed by atoms with Gasteiger partial charge in [0, 0.05) is 4.88 Å². The lowest BCUT2D eigenvalue weighted by atomic mass is 9.91. The van der Waals surface area contributed by atoms with E-state index in [1.54, 1.807) is 26.0 Å². The number of hydrogen-bond acceptors (Lipinski definition) is 7. The average Bonchev–Trinajstić information content (AvgIpc) is 3.09. The zero-order valence-corrected chi connectivity index (χ0v) is 18.1. The van der Waals surface area contributed by atoms with Crippen LogP contribution in [0.4, 0.5) is 5.13 Å². The molecule has 0 saturated heterocycles. The van der Waals surface area contributed by atoms with Crippen LogP contribution in [0.2, 0.25) is 0 Å². The van der Waals surface area contributed by atoms with Crippen LogP contribution in [-0.2, 0) is 43.4 Å². The number of aromatic nitrogens is 1. The SMILES string of the molecule is CCOC(=O)C1CCc2nc(NC(=O)Cc3ccc(S(=O)(=O)CC)cc3)sc2C1. The molecule has 0 radical (unpaired) electrons. The first-order valence-electron chi connectivity index (χ1n) is 9.59. The van der Waals surface area contributed by atoms with Crippen molar-refractivity contribution in [3.8, 4) is 0 Å². The number of rotatable bonds is 7. The number of nitrogens with one attached hydrogen (secondary N) is 1. The van der Waals surface area contributed by atoms with Gasteiger partial charge in [0.25, 0.3) is 0 Å². The molecule has 9 heteroatoms. The predicted molar refractivity (Wildman–Crippen MR) is 111 cm³/mol. The Balaban J connectivity index is 1.60. The van der Waals surface area contributed by atoms with Crippen molar-refractivity contribution in [2.45, 2.75) is 44.4 Å². The van der Waals surface area contributed by atoms with Crippen molar-refractivity contribution < 1.29 is 22.7 Å². The van der Waals surface area contributed by atoms with Gasteiger partial charge in [-0.1, -0.05) is 19.1 Å². The fourth-order valence-electron chi connectivity index (χ4n) is 3.22. The zero-order valence-electron chi connectivity index (χ0n) is 16.4. The van der Waals surface area contributed by atoms with E-state index in [1.807, 2.05) is 0 Å². The van der Waals surface area contributed by atoms with E-state index in [0.717, 1.165) is 16.1 Å². The minimum atomic E-state index is -3.25. The molecule has 1 aromatic carbocycles. The second-order valence-electron chi connectivity index (χ2n) is 6.85. The first-order valence-corrected chi connectivity index (χ1v) is 12.1. The van der Waals surface area contributed by atoms with Crippen molar-refractivity contribution in [1.29, 1.82) is 0 Å². The smallest absolute Gasteiger partial charge is 0.309 e. The number of ether oxygens (including phenoxy) is 1. The maximum Gasteiger partial charge on any atom is 0.309 e. The Kier molecular flexibility index (Phi) is 6.69. The standard InChI is InChI=1S/C20H24N2O5S2/c1-3-27-19(24)14-7-10-16-17(12-14)28-20(21-16)22-18(23)11-13-5-8-15(9-6-13)29(25,26)4-2/h5-6,8-9,14H,3-4,7,10-12H2,1-2H3,(H,21,22,23). The highest BCUT2D eigenvalue weighted by atomic mass is 32.2. The minimum absolute atomic E-state index is 0.0402. The maximum absolute atomic E-state index is 12.4. The van der Waals surface area contributed by atoms with Gasteiger partial charge in [0.15, 0.2) is 15.0 Å². The van der Waals surface area contributed by atoms with Gasteiger partial charge in [-0.05, 0) is 43.9 Å². The molecular formula is C20H24N2O5S2. The Morgan fingerprint density at radius 2 is 1.97 bits per heavy atom. The monoisotopic (exact) mass is 436 g/mol. The molecule has 1 heterocycles. The van der Waals surface area contributed by atoms with E-state index >= 15 is 0 Å². The van der Waals surface area contributed by atoms with Gasteiger partial charge in [-0.15, -0.1) is 11.3 Å². The molecule has 29 heavy (non-hydrogen) atoms. The molecule has 0 bridgehead atoms. The highest BCUT2D eigenvalue weighted by molar-refractivity contribution is 7.91. The number of nitrogens with zero attached hydrogens (tertiary/aromatic N) is 1. The van der Waals surface area contributed by atoms with Crippen molar-refractivity contribution in [2.75, 3.05) is 17.7 Å². The molecule has 0 aliphatic heterocycles. The summed E-state index contributed by atoms with van der Waals surface area (Å²) >= 11 is 1.39. The van der Waals surface area contributed by atoms with Gasteiger partial charge in [-0.2, -0.15) is 0 Å². The Hall–Kier alpha value is -2.26. The number of sulfone groups is 1. The summed E-state index contributed by atoms with van der Waals surface area (Å²) in [5.74, 6) is -0.502. The number of fused-ring (bicyclic) bond motifs is 1. The molecule has 1 unspecified atom stereocenters. The van der Waals surface area contributed by atoms with Crippen molar-refractivity contribution >= 4 is 38.2 Å². The highest BCUT2D eigenvalue weighted by Crippen LogP contribution is 2.33. The summed E-state index contributed by atoms with van der Waals surface area (Å²) in [5.41, 5.74) is 1.65. The third kappa shape index (κ3) is 5.22. The van der Waals surface area contributed by atoms with Crippen LogP contribution in [-0.4, -0.2) is 37.6 Å². The summed E-state index contributed by atoms with van der Waals surface area (Å²) in [5, 5.41) is 3.33. The number of carbonyl (C=O) groups is 2. The number of hydrogen-bond donors (Lipinski definition) is 1. The topological polar surface area (TPSA) is 102 Å². The molecule has 3 rings (SSSR count). The Bertz CT molecular complexity index is 996. The van der Waals surface area contributed by atoms with E-state index in [-0.39, 0.29) is 34.9 Å². The van der Waals surface area contributed by atoms with Gasteiger partial charge in [0.05, 0.1) is 35.3 Å². The average molecular weight is 437 g/mol. The van der Waals surface area contributed by atoms with Crippen LogP contribution in [0.15, 0.2) is 29.2 Å². The highest BCUT2D eigenvalue weighted by Gasteiger charge is 2.28. The van der Waals surface area contributed by atoms with E-state index < -0.39 is 9.84 Å². The van der Waals surface area contributed by atoms with Crippen LogP contribution >= 0.6 is 11.3 Å². The lowest BCUT2D eigenvalue weighted by Gasteiger charge is -2.18. The molecule has 1 amide bonds. The van der Waals surface area contributed by atoms with Crippen LogP contribution < -0.4 is 5.32 Å². The Labute approximate surface area is 174 Å². The number of carbonyl (C=O) groups excluding carboxylic acids is 2. The number of esters is 1. The molecular weight excluding hydrogens is 412 g/mol. The van der Waals surface area contributed by atoms with Crippen molar-refractivity contribution in [3.05, 3.63) is 40.4 Å². The van der Waals surface area contributed by atoms with Gasteiger partial charge in [-0.25, -0.2) is 13.4 Å². The molecule has 0 fully saturated rings. The molecule has 2 aromatic rings. The maximum atomic E-state index is 12.4. The molecule has 1 N–H and O–H groups in total.